The van der Waals surface area contributed by atoms with E-state index in [2.05, 4.69) is 11.9 Å². The van der Waals surface area contributed by atoms with Crippen molar-refractivity contribution in [3.63, 3.8) is 0 Å². The second kappa shape index (κ2) is 11.1. The van der Waals surface area contributed by atoms with Crippen LogP contribution in [0.5, 0.6) is 0 Å². The smallest absolute Gasteiger partial charge is 0.333 e. The first-order valence-corrected chi connectivity index (χ1v) is 11.4. The van der Waals surface area contributed by atoms with Crippen LogP contribution in [0.3, 0.4) is 0 Å². The Bertz CT molecular complexity index is 779. The highest BCUT2D eigenvalue weighted by atomic mass is 16.7. The lowest BCUT2D eigenvalue weighted by Crippen LogP contribution is -2.36. The summed E-state index contributed by atoms with van der Waals surface area (Å²) in [7, 11) is 0. The van der Waals surface area contributed by atoms with Gasteiger partial charge in [-0.2, -0.15) is 0 Å². The average Bonchev–Trinajstić information content (AvgIpc) is 3.26. The maximum atomic E-state index is 12.4. The quantitative estimate of drug-likeness (QED) is 0.406. The van der Waals surface area contributed by atoms with E-state index in [4.69, 9.17) is 4.84 Å². The molecule has 9 heteroatoms. The minimum absolute atomic E-state index is 0.00682. The Morgan fingerprint density at radius 2 is 1.69 bits per heavy atom. The minimum atomic E-state index is -0.593. The van der Waals surface area contributed by atoms with Crippen molar-refractivity contribution in [2.24, 2.45) is 11.8 Å². The van der Waals surface area contributed by atoms with Crippen molar-refractivity contribution >= 4 is 29.6 Å². The van der Waals surface area contributed by atoms with Gasteiger partial charge in [0.1, 0.15) is 0 Å². The Labute approximate surface area is 187 Å². The number of unbranched alkanes of at least 4 members (excludes halogenated alkanes) is 2. The van der Waals surface area contributed by atoms with Crippen LogP contribution in [0.15, 0.2) is 24.4 Å². The van der Waals surface area contributed by atoms with Gasteiger partial charge in [0.25, 0.3) is 17.7 Å². The summed E-state index contributed by atoms with van der Waals surface area (Å²) in [4.78, 5) is 65.3. The first kappa shape index (κ1) is 23.7. The molecule has 0 atom stereocenters. The van der Waals surface area contributed by atoms with E-state index in [1.54, 1.807) is 17.1 Å². The third kappa shape index (κ3) is 6.27. The third-order valence-electron chi connectivity index (χ3n) is 6.25. The Morgan fingerprint density at radius 3 is 2.31 bits per heavy atom. The summed E-state index contributed by atoms with van der Waals surface area (Å²) in [5, 5.41) is 3.53. The predicted molar refractivity (Wildman–Crippen MR) is 114 cm³/mol. The van der Waals surface area contributed by atoms with Crippen molar-refractivity contribution in [3.8, 4) is 0 Å². The van der Waals surface area contributed by atoms with Gasteiger partial charge in [-0.3, -0.25) is 19.2 Å². The largest absolute Gasteiger partial charge is 0.356 e. The van der Waals surface area contributed by atoms with Crippen LogP contribution in [-0.4, -0.2) is 52.7 Å². The second-order valence-corrected chi connectivity index (χ2v) is 8.64. The van der Waals surface area contributed by atoms with E-state index in [1.807, 2.05) is 0 Å². The van der Waals surface area contributed by atoms with Gasteiger partial charge in [0, 0.05) is 50.0 Å². The molecule has 1 aliphatic carbocycles. The van der Waals surface area contributed by atoms with E-state index in [1.165, 1.54) is 0 Å². The van der Waals surface area contributed by atoms with Crippen LogP contribution in [0.2, 0.25) is 0 Å². The number of carbonyl (C=O) groups is 5. The van der Waals surface area contributed by atoms with E-state index in [0.29, 0.717) is 30.5 Å². The molecule has 0 unspecified atom stereocenters. The van der Waals surface area contributed by atoms with Gasteiger partial charge in [0.15, 0.2) is 0 Å². The summed E-state index contributed by atoms with van der Waals surface area (Å²) < 4.78 is 0. The average molecular weight is 446 g/mol. The SMILES string of the molecule is C=C1C=CC(=O)N1CC1CCC(C(=O)NCCCCCC(=O)ON2C(=O)CCC2=O)CC1. The predicted octanol–water partition coefficient (Wildman–Crippen LogP) is 1.99. The first-order valence-electron chi connectivity index (χ1n) is 11.4. The van der Waals surface area contributed by atoms with E-state index < -0.39 is 17.8 Å². The number of hydrogen-bond donors (Lipinski definition) is 1. The summed E-state index contributed by atoms with van der Waals surface area (Å²) in [5.41, 5.74) is 0.737. The Hall–Kier alpha value is -2.97. The van der Waals surface area contributed by atoms with Crippen LogP contribution < -0.4 is 5.32 Å². The van der Waals surface area contributed by atoms with Gasteiger partial charge in [0.05, 0.1) is 0 Å². The van der Waals surface area contributed by atoms with Crippen LogP contribution in [0, 0.1) is 11.8 Å². The standard InChI is InChI=1S/C23H31N3O6/c1-16-6-11-19(27)25(16)15-17-7-9-18(10-8-17)23(31)24-14-4-2-3-5-22(30)32-26-20(28)12-13-21(26)29/h6,11,17-18H,1-5,7-10,12-15H2,(H,24,31). The molecule has 1 N–H and O–H groups in total. The van der Waals surface area contributed by atoms with Crippen molar-refractivity contribution < 1.29 is 28.8 Å². The molecule has 0 spiro atoms. The molecule has 32 heavy (non-hydrogen) atoms. The number of hydrogen-bond acceptors (Lipinski definition) is 6. The van der Waals surface area contributed by atoms with Crippen molar-refractivity contribution in [1.82, 2.24) is 15.3 Å². The first-order chi connectivity index (χ1) is 15.3. The normalized spacial score (nSPS) is 23.2. The van der Waals surface area contributed by atoms with Gasteiger partial charge in [0.2, 0.25) is 5.91 Å². The number of hydroxylamine groups is 2. The van der Waals surface area contributed by atoms with E-state index in [9.17, 15) is 24.0 Å². The molecule has 9 nitrogen and oxygen atoms in total. The zero-order valence-electron chi connectivity index (χ0n) is 18.3. The molecule has 174 valence electrons. The fourth-order valence-corrected chi connectivity index (χ4v) is 4.29. The maximum absolute atomic E-state index is 12.4. The number of rotatable bonds is 10. The number of carbonyl (C=O) groups excluding carboxylic acids is 5. The lowest BCUT2D eigenvalue weighted by atomic mass is 9.81. The molecular formula is C23H31N3O6. The second-order valence-electron chi connectivity index (χ2n) is 8.64. The summed E-state index contributed by atoms with van der Waals surface area (Å²) in [6.07, 6.45) is 9.06. The van der Waals surface area contributed by atoms with E-state index >= 15 is 0 Å². The van der Waals surface area contributed by atoms with Gasteiger partial charge >= 0.3 is 5.97 Å². The van der Waals surface area contributed by atoms with Crippen molar-refractivity contribution in [3.05, 3.63) is 24.4 Å². The monoisotopic (exact) mass is 445 g/mol. The Morgan fingerprint density at radius 1 is 1.00 bits per heavy atom. The maximum Gasteiger partial charge on any atom is 0.333 e. The molecule has 4 amide bonds. The summed E-state index contributed by atoms with van der Waals surface area (Å²) in [5.74, 6) is -1.10. The highest BCUT2D eigenvalue weighted by Gasteiger charge is 2.32. The molecule has 0 bridgehead atoms. The zero-order valence-corrected chi connectivity index (χ0v) is 18.3. The number of nitrogens with zero attached hydrogens (tertiary/aromatic N) is 2. The van der Waals surface area contributed by atoms with E-state index in [-0.39, 0.29) is 37.0 Å². The minimum Gasteiger partial charge on any atom is -0.356 e. The van der Waals surface area contributed by atoms with Gasteiger partial charge in [-0.25, -0.2) is 4.79 Å². The lowest BCUT2D eigenvalue weighted by molar-refractivity contribution is -0.197. The summed E-state index contributed by atoms with van der Waals surface area (Å²) >= 11 is 0. The van der Waals surface area contributed by atoms with Crippen LogP contribution in [-0.2, 0) is 28.8 Å². The van der Waals surface area contributed by atoms with Crippen LogP contribution in [0.4, 0.5) is 0 Å². The summed E-state index contributed by atoms with van der Waals surface area (Å²) in [6.45, 7) is 5.10. The molecule has 2 aliphatic heterocycles. The molecule has 2 fully saturated rings. The van der Waals surface area contributed by atoms with Gasteiger partial charge in [-0.1, -0.05) is 13.0 Å². The molecule has 0 aromatic carbocycles. The Kier molecular flexibility index (Phi) is 8.19. The van der Waals surface area contributed by atoms with Crippen molar-refractivity contribution in [2.75, 3.05) is 13.1 Å². The van der Waals surface area contributed by atoms with Crippen molar-refractivity contribution in [2.45, 2.75) is 64.2 Å². The molecule has 1 saturated carbocycles. The van der Waals surface area contributed by atoms with Crippen LogP contribution in [0.25, 0.3) is 0 Å². The van der Waals surface area contributed by atoms with E-state index in [0.717, 1.165) is 44.2 Å². The Balaban J connectivity index is 1.22. The molecule has 0 radical (unpaired) electrons. The molecular weight excluding hydrogens is 414 g/mol. The zero-order chi connectivity index (χ0) is 23.1. The number of allylic oxidation sites excluding steroid dienone is 1. The molecule has 0 aromatic heterocycles. The van der Waals surface area contributed by atoms with Crippen LogP contribution >= 0.6 is 0 Å². The topological polar surface area (TPSA) is 113 Å². The van der Waals surface area contributed by atoms with Crippen LogP contribution in [0.1, 0.15) is 64.2 Å². The third-order valence-corrected chi connectivity index (χ3v) is 6.25. The number of nitrogens with one attached hydrogen (secondary N) is 1. The molecule has 2 heterocycles. The highest BCUT2D eigenvalue weighted by molar-refractivity contribution is 6.01. The highest BCUT2D eigenvalue weighted by Crippen LogP contribution is 2.31. The van der Waals surface area contributed by atoms with Gasteiger partial charge in [-0.15, -0.1) is 5.06 Å². The fraction of sp³-hybridized carbons (Fsp3) is 0.609. The number of amides is 4. The summed E-state index contributed by atoms with van der Waals surface area (Å²) in [6, 6.07) is 0. The molecule has 1 saturated heterocycles. The van der Waals surface area contributed by atoms with Crippen molar-refractivity contribution in [1.29, 1.82) is 0 Å². The molecule has 3 rings (SSSR count). The lowest BCUT2D eigenvalue weighted by Gasteiger charge is -2.31. The van der Waals surface area contributed by atoms with Gasteiger partial charge < -0.3 is 15.1 Å². The van der Waals surface area contributed by atoms with Gasteiger partial charge in [-0.05, 0) is 50.5 Å². The number of imide groups is 1. The molecule has 0 aromatic rings. The molecule has 3 aliphatic rings. The fourth-order valence-electron chi connectivity index (χ4n) is 4.29.